The minimum absolute atomic E-state index is 0.0336. The zero-order chi connectivity index (χ0) is 11.5. The van der Waals surface area contributed by atoms with E-state index in [-0.39, 0.29) is 11.9 Å². The van der Waals surface area contributed by atoms with E-state index in [1.54, 1.807) is 18.2 Å². The Balaban J connectivity index is 2.11. The highest BCUT2D eigenvalue weighted by atomic mass is 35.5. The van der Waals surface area contributed by atoms with Crippen molar-refractivity contribution in [1.29, 1.82) is 0 Å². The zero-order valence-corrected chi connectivity index (χ0v) is 9.97. The van der Waals surface area contributed by atoms with Gasteiger partial charge in [0.25, 0.3) is 5.91 Å². The Morgan fingerprint density at radius 2 is 2.38 bits per heavy atom. The number of amides is 1. The van der Waals surface area contributed by atoms with Gasteiger partial charge in [0, 0.05) is 23.2 Å². The Hall–Kier alpha value is -1.06. The van der Waals surface area contributed by atoms with Crippen LogP contribution in [0.4, 0.5) is 0 Å². The van der Waals surface area contributed by atoms with Crippen molar-refractivity contribution in [2.75, 3.05) is 13.1 Å². The summed E-state index contributed by atoms with van der Waals surface area (Å²) < 4.78 is 0. The molecule has 0 aliphatic carbocycles. The first-order valence-corrected chi connectivity index (χ1v) is 5.83. The Morgan fingerprint density at radius 3 is 3.06 bits per heavy atom. The van der Waals surface area contributed by atoms with Gasteiger partial charge in [-0.05, 0) is 37.6 Å². The summed E-state index contributed by atoms with van der Waals surface area (Å²) in [4.78, 5) is 12.0. The molecule has 3 nitrogen and oxygen atoms in total. The van der Waals surface area contributed by atoms with Crippen LogP contribution >= 0.6 is 11.6 Å². The Morgan fingerprint density at radius 1 is 1.56 bits per heavy atom. The maximum absolute atomic E-state index is 12.0. The first kappa shape index (κ1) is 11.4. The first-order valence-electron chi connectivity index (χ1n) is 5.45. The standard InChI is InChI=1S/C12H15ClN2O/c1-8-10(3-2-4-11(8)13)12(16)15-9-5-6-14-7-9/h2-4,9,14H,5-7H2,1H3,(H,15,16)/t9-/m1/s1. The van der Waals surface area contributed by atoms with E-state index in [1.807, 2.05) is 6.92 Å². The molecule has 0 spiro atoms. The van der Waals surface area contributed by atoms with Crippen LogP contribution in [-0.4, -0.2) is 25.0 Å². The molecule has 2 rings (SSSR count). The molecule has 86 valence electrons. The number of nitrogens with one attached hydrogen (secondary N) is 2. The Labute approximate surface area is 100 Å². The first-order chi connectivity index (χ1) is 7.68. The molecule has 1 atom stereocenters. The van der Waals surface area contributed by atoms with Crippen LogP contribution in [-0.2, 0) is 0 Å². The summed E-state index contributed by atoms with van der Waals surface area (Å²) in [5, 5.41) is 6.85. The molecule has 2 N–H and O–H groups in total. The number of carbonyl (C=O) groups excluding carboxylic acids is 1. The summed E-state index contributed by atoms with van der Waals surface area (Å²) >= 11 is 5.98. The van der Waals surface area contributed by atoms with Crippen molar-refractivity contribution in [2.45, 2.75) is 19.4 Å². The third kappa shape index (κ3) is 2.36. The molecule has 1 aromatic rings. The molecule has 0 radical (unpaired) electrons. The van der Waals surface area contributed by atoms with E-state index in [2.05, 4.69) is 10.6 Å². The summed E-state index contributed by atoms with van der Waals surface area (Å²) in [5.41, 5.74) is 1.51. The molecule has 16 heavy (non-hydrogen) atoms. The highest BCUT2D eigenvalue weighted by molar-refractivity contribution is 6.31. The number of benzene rings is 1. The lowest BCUT2D eigenvalue weighted by Gasteiger charge is -2.13. The van der Waals surface area contributed by atoms with Gasteiger partial charge in [-0.3, -0.25) is 4.79 Å². The molecule has 1 aromatic carbocycles. The van der Waals surface area contributed by atoms with Gasteiger partial charge >= 0.3 is 0 Å². The summed E-state index contributed by atoms with van der Waals surface area (Å²) in [6.45, 7) is 3.69. The molecule has 1 heterocycles. The zero-order valence-electron chi connectivity index (χ0n) is 9.22. The van der Waals surface area contributed by atoms with Gasteiger partial charge in [-0.2, -0.15) is 0 Å². The predicted octanol–water partition coefficient (Wildman–Crippen LogP) is 1.74. The lowest BCUT2D eigenvalue weighted by molar-refractivity contribution is 0.0939. The third-order valence-electron chi connectivity index (χ3n) is 2.91. The van der Waals surface area contributed by atoms with Crippen LogP contribution in [0.25, 0.3) is 0 Å². The van der Waals surface area contributed by atoms with Crippen LogP contribution in [0.3, 0.4) is 0 Å². The fourth-order valence-electron chi connectivity index (χ4n) is 1.89. The van der Waals surface area contributed by atoms with Crippen molar-refractivity contribution < 1.29 is 4.79 Å². The van der Waals surface area contributed by atoms with E-state index in [9.17, 15) is 4.79 Å². The van der Waals surface area contributed by atoms with Crippen LogP contribution in [0.15, 0.2) is 18.2 Å². The van der Waals surface area contributed by atoms with E-state index >= 15 is 0 Å². The maximum atomic E-state index is 12.0. The molecule has 0 saturated carbocycles. The fraction of sp³-hybridized carbons (Fsp3) is 0.417. The SMILES string of the molecule is Cc1c(Cl)cccc1C(=O)N[C@@H]1CCNC1. The second kappa shape index (κ2) is 4.85. The molecule has 1 amide bonds. The monoisotopic (exact) mass is 238 g/mol. The molecule has 0 unspecified atom stereocenters. The topological polar surface area (TPSA) is 41.1 Å². The molecular weight excluding hydrogens is 224 g/mol. The number of carbonyl (C=O) groups is 1. The predicted molar refractivity (Wildman–Crippen MR) is 64.9 cm³/mol. The molecule has 0 bridgehead atoms. The summed E-state index contributed by atoms with van der Waals surface area (Å²) in [5.74, 6) is -0.0336. The number of halogens is 1. The molecular formula is C12H15ClN2O. The van der Waals surface area contributed by atoms with E-state index < -0.39 is 0 Å². The van der Waals surface area contributed by atoms with Crippen molar-refractivity contribution in [2.24, 2.45) is 0 Å². The Bertz CT molecular complexity index is 400. The average Bonchev–Trinajstić information content (AvgIpc) is 2.74. The highest BCUT2D eigenvalue weighted by Crippen LogP contribution is 2.18. The average molecular weight is 239 g/mol. The van der Waals surface area contributed by atoms with E-state index in [0.29, 0.717) is 10.6 Å². The lowest BCUT2D eigenvalue weighted by Crippen LogP contribution is -2.36. The number of hydrogen-bond acceptors (Lipinski definition) is 2. The van der Waals surface area contributed by atoms with Crippen molar-refractivity contribution >= 4 is 17.5 Å². The van der Waals surface area contributed by atoms with Crippen molar-refractivity contribution in [3.05, 3.63) is 34.3 Å². The van der Waals surface area contributed by atoms with E-state index in [1.165, 1.54) is 0 Å². The van der Waals surface area contributed by atoms with Crippen LogP contribution in [0.2, 0.25) is 5.02 Å². The van der Waals surface area contributed by atoms with Crippen LogP contribution < -0.4 is 10.6 Å². The second-order valence-corrected chi connectivity index (χ2v) is 4.48. The molecule has 1 aliphatic heterocycles. The Kier molecular flexibility index (Phi) is 3.46. The van der Waals surface area contributed by atoms with Crippen molar-refractivity contribution in [3.63, 3.8) is 0 Å². The van der Waals surface area contributed by atoms with Gasteiger partial charge < -0.3 is 10.6 Å². The van der Waals surface area contributed by atoms with Gasteiger partial charge in [0.05, 0.1) is 0 Å². The van der Waals surface area contributed by atoms with Gasteiger partial charge in [-0.15, -0.1) is 0 Å². The van der Waals surface area contributed by atoms with Gasteiger partial charge in [-0.1, -0.05) is 17.7 Å². The van der Waals surface area contributed by atoms with Crippen molar-refractivity contribution in [3.8, 4) is 0 Å². The fourth-order valence-corrected chi connectivity index (χ4v) is 2.07. The smallest absolute Gasteiger partial charge is 0.251 e. The second-order valence-electron chi connectivity index (χ2n) is 4.08. The van der Waals surface area contributed by atoms with Gasteiger partial charge in [0.1, 0.15) is 0 Å². The molecule has 4 heteroatoms. The number of hydrogen-bond donors (Lipinski definition) is 2. The minimum atomic E-state index is -0.0336. The van der Waals surface area contributed by atoms with Gasteiger partial charge in [0.15, 0.2) is 0 Å². The summed E-state index contributed by atoms with van der Waals surface area (Å²) in [7, 11) is 0. The van der Waals surface area contributed by atoms with Crippen molar-refractivity contribution in [1.82, 2.24) is 10.6 Å². The molecule has 0 aromatic heterocycles. The third-order valence-corrected chi connectivity index (χ3v) is 3.32. The molecule has 1 saturated heterocycles. The summed E-state index contributed by atoms with van der Waals surface area (Å²) in [6.07, 6.45) is 0.991. The lowest BCUT2D eigenvalue weighted by atomic mass is 10.1. The van der Waals surface area contributed by atoms with Crippen LogP contribution in [0, 0.1) is 6.92 Å². The maximum Gasteiger partial charge on any atom is 0.251 e. The van der Waals surface area contributed by atoms with Gasteiger partial charge in [0.2, 0.25) is 0 Å². The largest absolute Gasteiger partial charge is 0.348 e. The van der Waals surface area contributed by atoms with Crippen LogP contribution in [0.1, 0.15) is 22.3 Å². The van der Waals surface area contributed by atoms with E-state index in [0.717, 1.165) is 25.1 Å². The molecule has 1 fully saturated rings. The highest BCUT2D eigenvalue weighted by Gasteiger charge is 2.18. The van der Waals surface area contributed by atoms with Crippen LogP contribution in [0.5, 0.6) is 0 Å². The molecule has 1 aliphatic rings. The quantitative estimate of drug-likeness (QED) is 0.824. The minimum Gasteiger partial charge on any atom is -0.348 e. The number of rotatable bonds is 2. The van der Waals surface area contributed by atoms with E-state index in [4.69, 9.17) is 11.6 Å². The normalized spacial score (nSPS) is 19.8. The summed E-state index contributed by atoms with van der Waals surface area (Å²) in [6, 6.07) is 5.65. The van der Waals surface area contributed by atoms with Gasteiger partial charge in [-0.25, -0.2) is 0 Å².